The molecule has 30 heavy (non-hydrogen) atoms. The number of carbonyl (C=O) groups is 2. The predicted octanol–water partition coefficient (Wildman–Crippen LogP) is 1.94. The summed E-state index contributed by atoms with van der Waals surface area (Å²) in [5, 5.41) is 18.0. The minimum absolute atomic E-state index is 0.0707. The van der Waals surface area contributed by atoms with Gasteiger partial charge in [-0.2, -0.15) is 0 Å². The molecule has 0 aliphatic carbocycles. The predicted molar refractivity (Wildman–Crippen MR) is 116 cm³/mol. The molecule has 162 valence electrons. The van der Waals surface area contributed by atoms with Crippen molar-refractivity contribution in [2.45, 2.75) is 38.5 Å². The number of hydrogen-bond acceptors (Lipinski definition) is 8. The van der Waals surface area contributed by atoms with Gasteiger partial charge in [-0.05, 0) is 45.0 Å². The van der Waals surface area contributed by atoms with Crippen LogP contribution in [0.15, 0.2) is 41.4 Å². The van der Waals surface area contributed by atoms with Gasteiger partial charge in [0.15, 0.2) is 0 Å². The largest absolute Gasteiger partial charge is 0.490 e. The third-order valence-corrected chi connectivity index (χ3v) is 4.78. The second-order valence-corrected chi connectivity index (χ2v) is 7.64. The monoisotopic (exact) mass is 480 g/mol. The van der Waals surface area contributed by atoms with Crippen molar-refractivity contribution in [3.63, 3.8) is 0 Å². The van der Waals surface area contributed by atoms with Crippen LogP contribution in [0.4, 0.5) is 0 Å². The van der Waals surface area contributed by atoms with Gasteiger partial charge in [-0.25, -0.2) is 0 Å². The SMILES string of the molecule is COC(=O)C[C@H](C)c1cncc(B(O)O)c1.COC(=O)C[C@H](C)c1cncc(Br)c1. The van der Waals surface area contributed by atoms with Gasteiger partial charge in [-0.15, -0.1) is 0 Å². The Bertz CT molecular complexity index is 836. The van der Waals surface area contributed by atoms with Crippen LogP contribution in [-0.2, 0) is 19.1 Å². The minimum atomic E-state index is -1.54. The Hall–Kier alpha value is -2.30. The first-order chi connectivity index (χ1) is 14.2. The Labute approximate surface area is 184 Å². The molecule has 8 nitrogen and oxygen atoms in total. The third-order valence-electron chi connectivity index (χ3n) is 4.34. The Kier molecular flexibility index (Phi) is 11.2. The highest BCUT2D eigenvalue weighted by atomic mass is 79.9. The molecule has 2 N–H and O–H groups in total. The molecular weight excluding hydrogens is 455 g/mol. The van der Waals surface area contributed by atoms with E-state index in [2.05, 4.69) is 35.4 Å². The number of methoxy groups -OCH3 is 2. The summed E-state index contributed by atoms with van der Waals surface area (Å²) in [6, 6.07) is 3.58. The molecule has 0 radical (unpaired) electrons. The van der Waals surface area contributed by atoms with E-state index in [1.807, 2.05) is 19.9 Å². The molecule has 0 amide bonds. The summed E-state index contributed by atoms with van der Waals surface area (Å²) >= 11 is 3.34. The van der Waals surface area contributed by atoms with Gasteiger partial charge in [0.1, 0.15) is 0 Å². The lowest BCUT2D eigenvalue weighted by atomic mass is 9.80. The number of pyridine rings is 2. The zero-order valence-corrected chi connectivity index (χ0v) is 19.0. The average molecular weight is 481 g/mol. The van der Waals surface area contributed by atoms with Crippen molar-refractivity contribution in [1.82, 2.24) is 9.97 Å². The maximum absolute atomic E-state index is 11.1. The minimum Gasteiger partial charge on any atom is -0.469 e. The molecule has 0 bridgehead atoms. The van der Waals surface area contributed by atoms with Crippen LogP contribution in [0.3, 0.4) is 0 Å². The molecule has 0 unspecified atom stereocenters. The Morgan fingerprint density at radius 2 is 1.40 bits per heavy atom. The smallest absolute Gasteiger partial charge is 0.469 e. The van der Waals surface area contributed by atoms with Crippen molar-refractivity contribution in [3.05, 3.63) is 52.5 Å². The highest BCUT2D eigenvalue weighted by Crippen LogP contribution is 2.21. The fourth-order valence-corrected chi connectivity index (χ4v) is 2.87. The number of esters is 2. The van der Waals surface area contributed by atoms with Crippen LogP contribution in [0.2, 0.25) is 0 Å². The topological polar surface area (TPSA) is 119 Å². The van der Waals surface area contributed by atoms with Crippen molar-refractivity contribution in [2.24, 2.45) is 0 Å². The molecule has 0 aliphatic heterocycles. The van der Waals surface area contributed by atoms with Crippen LogP contribution >= 0.6 is 15.9 Å². The van der Waals surface area contributed by atoms with E-state index < -0.39 is 7.12 Å². The first kappa shape index (κ1) is 25.7. The molecule has 10 heteroatoms. The zero-order chi connectivity index (χ0) is 22.7. The number of aromatic nitrogens is 2. The van der Waals surface area contributed by atoms with Crippen molar-refractivity contribution >= 4 is 40.4 Å². The van der Waals surface area contributed by atoms with Crippen LogP contribution in [-0.4, -0.2) is 53.3 Å². The quantitative estimate of drug-likeness (QED) is 0.455. The summed E-state index contributed by atoms with van der Waals surface area (Å²) in [7, 11) is 1.19. The number of rotatable bonds is 7. The molecule has 2 atom stereocenters. The van der Waals surface area contributed by atoms with Gasteiger partial charge in [0.2, 0.25) is 0 Å². The van der Waals surface area contributed by atoms with E-state index in [0.717, 1.165) is 15.6 Å². The van der Waals surface area contributed by atoms with E-state index in [1.165, 1.54) is 20.4 Å². The summed E-state index contributed by atoms with van der Waals surface area (Å²) in [4.78, 5) is 30.0. The molecule has 0 aliphatic rings. The summed E-state index contributed by atoms with van der Waals surface area (Å²) in [5.74, 6) is -0.439. The standard InChI is InChI=1S/C10H14BNO4.C10H12BrNO2/c1-7(3-10(13)16-2)8-4-9(11(14)15)6-12-5-8;1-7(3-10(13)14-2)8-4-9(11)6-12-5-8/h4-7,14-15H,3H2,1-2H3;4-7H,3H2,1-2H3/t2*7-/m00/s1. The van der Waals surface area contributed by atoms with Crippen LogP contribution in [0.1, 0.15) is 49.7 Å². The first-order valence-electron chi connectivity index (χ1n) is 9.22. The van der Waals surface area contributed by atoms with Crippen molar-refractivity contribution in [2.75, 3.05) is 14.2 Å². The highest BCUT2D eigenvalue weighted by molar-refractivity contribution is 9.10. The maximum atomic E-state index is 11.1. The fraction of sp³-hybridized carbons (Fsp3) is 0.400. The highest BCUT2D eigenvalue weighted by Gasteiger charge is 2.16. The van der Waals surface area contributed by atoms with E-state index in [-0.39, 0.29) is 30.2 Å². The molecular formula is C20H26BBrN2O6. The molecule has 2 aromatic rings. The van der Waals surface area contributed by atoms with E-state index in [1.54, 1.807) is 24.7 Å². The van der Waals surface area contributed by atoms with E-state index in [9.17, 15) is 9.59 Å². The van der Waals surface area contributed by atoms with Gasteiger partial charge < -0.3 is 19.5 Å². The fourth-order valence-electron chi connectivity index (χ4n) is 2.49. The Morgan fingerprint density at radius 1 is 0.933 bits per heavy atom. The van der Waals surface area contributed by atoms with Gasteiger partial charge in [-0.3, -0.25) is 19.6 Å². The number of ether oxygens (including phenoxy) is 2. The normalized spacial score (nSPS) is 12.1. The third kappa shape index (κ3) is 9.02. The van der Waals surface area contributed by atoms with Crippen molar-refractivity contribution in [3.8, 4) is 0 Å². The maximum Gasteiger partial charge on any atom is 0.490 e. The molecule has 0 spiro atoms. The molecule has 2 heterocycles. The number of halogens is 1. The van der Waals surface area contributed by atoms with Gasteiger partial charge in [-0.1, -0.05) is 19.9 Å². The van der Waals surface area contributed by atoms with Gasteiger partial charge in [0.25, 0.3) is 0 Å². The molecule has 0 saturated carbocycles. The second kappa shape index (κ2) is 13.1. The van der Waals surface area contributed by atoms with E-state index in [4.69, 9.17) is 10.0 Å². The molecule has 0 saturated heterocycles. The Morgan fingerprint density at radius 3 is 1.83 bits per heavy atom. The number of hydrogen-bond donors (Lipinski definition) is 2. The summed E-state index contributed by atoms with van der Waals surface area (Å²) in [5.41, 5.74) is 2.12. The Balaban J connectivity index is 0.000000303. The molecule has 0 fully saturated rings. The molecule has 2 rings (SSSR count). The van der Waals surface area contributed by atoms with Crippen molar-refractivity contribution < 1.29 is 29.1 Å². The van der Waals surface area contributed by atoms with Gasteiger partial charge >= 0.3 is 19.1 Å². The summed E-state index contributed by atoms with van der Waals surface area (Å²) < 4.78 is 10.1. The summed E-state index contributed by atoms with van der Waals surface area (Å²) in [6.45, 7) is 3.82. The molecule has 0 aromatic carbocycles. The van der Waals surface area contributed by atoms with Crippen LogP contribution in [0.5, 0.6) is 0 Å². The lowest BCUT2D eigenvalue weighted by Gasteiger charge is -2.11. The number of carbonyl (C=O) groups excluding carboxylic acids is 2. The number of nitrogens with zero attached hydrogens (tertiary/aromatic N) is 2. The van der Waals surface area contributed by atoms with Crippen LogP contribution in [0.25, 0.3) is 0 Å². The van der Waals surface area contributed by atoms with Crippen LogP contribution < -0.4 is 5.46 Å². The summed E-state index contributed by atoms with van der Waals surface area (Å²) in [6.07, 6.45) is 7.07. The lowest BCUT2D eigenvalue weighted by molar-refractivity contribution is -0.141. The lowest BCUT2D eigenvalue weighted by Crippen LogP contribution is -2.30. The van der Waals surface area contributed by atoms with Crippen LogP contribution in [0, 0.1) is 0 Å². The van der Waals surface area contributed by atoms with Crippen molar-refractivity contribution in [1.29, 1.82) is 0 Å². The first-order valence-corrected chi connectivity index (χ1v) is 10.0. The zero-order valence-electron chi connectivity index (χ0n) is 17.4. The van der Waals surface area contributed by atoms with E-state index in [0.29, 0.717) is 11.9 Å². The second-order valence-electron chi connectivity index (χ2n) is 6.72. The molecule has 2 aromatic heterocycles. The van der Waals surface area contributed by atoms with Gasteiger partial charge in [0.05, 0.1) is 27.1 Å². The average Bonchev–Trinajstić information content (AvgIpc) is 2.73. The van der Waals surface area contributed by atoms with E-state index >= 15 is 0 Å². The van der Waals surface area contributed by atoms with Gasteiger partial charge in [0, 0.05) is 34.7 Å².